The summed E-state index contributed by atoms with van der Waals surface area (Å²) in [6, 6.07) is 14.4. The van der Waals surface area contributed by atoms with Crippen LogP contribution in [0.1, 0.15) is 55.8 Å². The maximum absolute atomic E-state index is 12.8. The molecule has 3 rings (SSSR count). The molecule has 0 spiro atoms. The number of methoxy groups -OCH3 is 1. The Hall–Kier alpha value is -3.02. The molecule has 0 aliphatic heterocycles. The van der Waals surface area contributed by atoms with E-state index in [1.807, 2.05) is 6.92 Å². The molecular weight excluding hydrogens is 380 g/mol. The van der Waals surface area contributed by atoms with Gasteiger partial charge in [0.1, 0.15) is 11.5 Å². The molecule has 2 aromatic carbocycles. The van der Waals surface area contributed by atoms with Crippen LogP contribution in [0.15, 0.2) is 48.5 Å². The lowest BCUT2D eigenvalue weighted by Gasteiger charge is -2.23. The van der Waals surface area contributed by atoms with Gasteiger partial charge in [0.15, 0.2) is 6.10 Å². The number of carbonyl (C=O) groups excluding carboxylic acids is 2. The Balaban J connectivity index is 1.66. The lowest BCUT2D eigenvalue weighted by Crippen LogP contribution is -2.37. The highest BCUT2D eigenvalue weighted by molar-refractivity contribution is 6.04. The fourth-order valence-corrected chi connectivity index (χ4v) is 3.65. The van der Waals surface area contributed by atoms with Gasteiger partial charge < -0.3 is 20.1 Å². The molecule has 1 atom stereocenters. The van der Waals surface area contributed by atoms with Gasteiger partial charge in [-0.15, -0.1) is 0 Å². The number of nitrogens with one attached hydrogen (secondary N) is 2. The van der Waals surface area contributed by atoms with Crippen LogP contribution in [0.2, 0.25) is 0 Å². The summed E-state index contributed by atoms with van der Waals surface area (Å²) in [5.74, 6) is 0.868. The van der Waals surface area contributed by atoms with Gasteiger partial charge in [0.2, 0.25) is 0 Å². The molecule has 160 valence electrons. The first-order valence-corrected chi connectivity index (χ1v) is 10.6. The second kappa shape index (κ2) is 10.7. The van der Waals surface area contributed by atoms with Crippen molar-refractivity contribution in [2.75, 3.05) is 12.4 Å². The number of benzene rings is 2. The average molecular weight is 411 g/mol. The van der Waals surface area contributed by atoms with Gasteiger partial charge in [0, 0.05) is 6.04 Å². The van der Waals surface area contributed by atoms with Crippen molar-refractivity contribution in [2.45, 2.75) is 57.6 Å². The van der Waals surface area contributed by atoms with E-state index in [4.69, 9.17) is 9.47 Å². The van der Waals surface area contributed by atoms with Gasteiger partial charge >= 0.3 is 0 Å². The predicted molar refractivity (Wildman–Crippen MR) is 117 cm³/mol. The van der Waals surface area contributed by atoms with Crippen molar-refractivity contribution in [3.05, 3.63) is 54.1 Å². The molecule has 2 N–H and O–H groups in total. The zero-order chi connectivity index (χ0) is 21.3. The first kappa shape index (κ1) is 21.7. The van der Waals surface area contributed by atoms with Crippen LogP contribution < -0.4 is 20.1 Å². The van der Waals surface area contributed by atoms with Crippen LogP contribution in [0.25, 0.3) is 0 Å². The standard InChI is InChI=1S/C24H30N2O4/c1-3-22(30-19-15-13-18(29-2)14-16-19)24(28)26-21-12-8-7-11-20(21)23(27)25-17-9-5-4-6-10-17/h7-8,11-17,22H,3-6,9-10H2,1-2H3,(H,25,27)(H,26,28)/t22-/m1/s1. The summed E-state index contributed by atoms with van der Waals surface area (Å²) in [6.45, 7) is 1.88. The first-order chi connectivity index (χ1) is 14.6. The Kier molecular flexibility index (Phi) is 7.71. The van der Waals surface area contributed by atoms with Gasteiger partial charge in [-0.3, -0.25) is 9.59 Å². The van der Waals surface area contributed by atoms with Crippen LogP contribution in [-0.2, 0) is 4.79 Å². The smallest absolute Gasteiger partial charge is 0.265 e. The molecule has 0 saturated heterocycles. The maximum Gasteiger partial charge on any atom is 0.265 e. The molecule has 1 aliphatic rings. The van der Waals surface area contributed by atoms with E-state index in [1.54, 1.807) is 55.6 Å². The van der Waals surface area contributed by atoms with Gasteiger partial charge in [-0.2, -0.15) is 0 Å². The lowest BCUT2D eigenvalue weighted by atomic mass is 9.95. The number of ether oxygens (including phenoxy) is 2. The van der Waals surface area contributed by atoms with E-state index in [0.29, 0.717) is 23.4 Å². The Labute approximate surface area is 178 Å². The monoisotopic (exact) mass is 410 g/mol. The van der Waals surface area contributed by atoms with E-state index in [1.165, 1.54) is 6.42 Å². The van der Waals surface area contributed by atoms with Gasteiger partial charge in [-0.25, -0.2) is 0 Å². The normalized spacial score (nSPS) is 15.1. The zero-order valence-corrected chi connectivity index (χ0v) is 17.6. The van der Waals surface area contributed by atoms with E-state index in [-0.39, 0.29) is 17.9 Å². The van der Waals surface area contributed by atoms with Crippen LogP contribution in [0.4, 0.5) is 5.69 Å². The Morgan fingerprint density at radius 3 is 2.33 bits per heavy atom. The fraction of sp³-hybridized carbons (Fsp3) is 0.417. The molecule has 0 aromatic heterocycles. The molecule has 0 radical (unpaired) electrons. The quantitative estimate of drug-likeness (QED) is 0.669. The summed E-state index contributed by atoms with van der Waals surface area (Å²) >= 11 is 0. The molecule has 6 nitrogen and oxygen atoms in total. The van der Waals surface area contributed by atoms with Crippen LogP contribution in [0.5, 0.6) is 11.5 Å². The number of hydrogen-bond donors (Lipinski definition) is 2. The second-order valence-electron chi connectivity index (χ2n) is 7.53. The Bertz CT molecular complexity index is 845. The number of carbonyl (C=O) groups is 2. The predicted octanol–water partition coefficient (Wildman–Crippen LogP) is 4.55. The van der Waals surface area contributed by atoms with Gasteiger partial charge in [0.05, 0.1) is 18.4 Å². The van der Waals surface area contributed by atoms with E-state index in [0.717, 1.165) is 31.4 Å². The zero-order valence-electron chi connectivity index (χ0n) is 17.6. The van der Waals surface area contributed by atoms with Gasteiger partial charge in [-0.1, -0.05) is 38.3 Å². The van der Waals surface area contributed by atoms with Crippen LogP contribution in [0, 0.1) is 0 Å². The van der Waals surface area contributed by atoms with Crippen molar-refractivity contribution >= 4 is 17.5 Å². The number of para-hydroxylation sites is 1. The minimum Gasteiger partial charge on any atom is -0.497 e. The van der Waals surface area contributed by atoms with Gasteiger partial charge in [0.25, 0.3) is 11.8 Å². The summed E-state index contributed by atoms with van der Waals surface area (Å²) in [5, 5.41) is 5.98. The number of anilines is 1. The third-order valence-electron chi connectivity index (χ3n) is 5.37. The Morgan fingerprint density at radius 2 is 1.67 bits per heavy atom. The number of rotatable bonds is 8. The van der Waals surface area contributed by atoms with Crippen molar-refractivity contribution in [1.29, 1.82) is 0 Å². The summed E-state index contributed by atoms with van der Waals surface area (Å²) in [7, 11) is 1.60. The van der Waals surface area contributed by atoms with E-state index in [2.05, 4.69) is 10.6 Å². The topological polar surface area (TPSA) is 76.7 Å². The molecule has 2 aromatic rings. The fourth-order valence-electron chi connectivity index (χ4n) is 3.65. The molecule has 0 unspecified atom stereocenters. The molecule has 1 fully saturated rings. The van der Waals surface area contributed by atoms with Crippen molar-refractivity contribution in [3.8, 4) is 11.5 Å². The van der Waals surface area contributed by atoms with Gasteiger partial charge in [-0.05, 0) is 55.7 Å². The molecule has 2 amide bonds. The molecule has 6 heteroatoms. The highest BCUT2D eigenvalue weighted by Gasteiger charge is 2.22. The molecular formula is C24H30N2O4. The van der Waals surface area contributed by atoms with E-state index in [9.17, 15) is 9.59 Å². The number of hydrogen-bond acceptors (Lipinski definition) is 4. The summed E-state index contributed by atoms with van der Waals surface area (Å²) in [6.07, 6.45) is 5.35. The van der Waals surface area contributed by atoms with Crippen LogP contribution in [-0.4, -0.2) is 31.1 Å². The highest BCUT2D eigenvalue weighted by Crippen LogP contribution is 2.22. The number of amides is 2. The minimum atomic E-state index is -0.673. The largest absolute Gasteiger partial charge is 0.497 e. The highest BCUT2D eigenvalue weighted by atomic mass is 16.5. The lowest BCUT2D eigenvalue weighted by molar-refractivity contribution is -0.122. The first-order valence-electron chi connectivity index (χ1n) is 10.6. The summed E-state index contributed by atoms with van der Waals surface area (Å²) < 4.78 is 11.0. The summed E-state index contributed by atoms with van der Waals surface area (Å²) in [4.78, 5) is 25.6. The van der Waals surface area contributed by atoms with Crippen LogP contribution in [0.3, 0.4) is 0 Å². The van der Waals surface area contributed by atoms with E-state index >= 15 is 0 Å². The maximum atomic E-state index is 12.8. The van der Waals surface area contributed by atoms with Crippen molar-refractivity contribution in [2.24, 2.45) is 0 Å². The van der Waals surface area contributed by atoms with Crippen molar-refractivity contribution < 1.29 is 19.1 Å². The average Bonchev–Trinajstić information content (AvgIpc) is 2.78. The van der Waals surface area contributed by atoms with Crippen molar-refractivity contribution in [3.63, 3.8) is 0 Å². The Morgan fingerprint density at radius 1 is 1.00 bits per heavy atom. The second-order valence-corrected chi connectivity index (χ2v) is 7.53. The molecule has 0 heterocycles. The summed E-state index contributed by atoms with van der Waals surface area (Å²) in [5.41, 5.74) is 0.961. The minimum absolute atomic E-state index is 0.151. The molecule has 30 heavy (non-hydrogen) atoms. The molecule has 0 bridgehead atoms. The third kappa shape index (κ3) is 5.75. The van der Waals surface area contributed by atoms with Crippen molar-refractivity contribution in [1.82, 2.24) is 5.32 Å². The third-order valence-corrected chi connectivity index (χ3v) is 5.37. The SMILES string of the molecule is CC[C@@H](Oc1ccc(OC)cc1)C(=O)Nc1ccccc1C(=O)NC1CCCCC1. The molecule has 1 aliphatic carbocycles. The van der Waals surface area contributed by atoms with E-state index < -0.39 is 6.10 Å². The van der Waals surface area contributed by atoms with Crippen LogP contribution >= 0.6 is 0 Å². The molecule has 1 saturated carbocycles.